The molecule has 12 heavy (non-hydrogen) atoms. The van der Waals surface area contributed by atoms with E-state index < -0.39 is 5.97 Å². The summed E-state index contributed by atoms with van der Waals surface area (Å²) in [7, 11) is 0. The normalized spacial score (nSPS) is 12.9. The maximum absolute atomic E-state index is 10.5. The van der Waals surface area contributed by atoms with Gasteiger partial charge in [-0.3, -0.25) is 0 Å². The highest BCUT2D eigenvalue weighted by molar-refractivity contribution is 5.83. The Hall–Kier alpha value is -1.36. The lowest BCUT2D eigenvalue weighted by molar-refractivity contribution is 0.0684. The number of carboxylic acids is 1. The summed E-state index contributed by atoms with van der Waals surface area (Å²) in [6.45, 7) is 3.51. The maximum atomic E-state index is 10.5. The molecule has 0 aliphatic rings. The van der Waals surface area contributed by atoms with Crippen molar-refractivity contribution >= 4 is 5.97 Å². The van der Waals surface area contributed by atoms with Crippen molar-refractivity contribution in [1.29, 1.82) is 0 Å². The van der Waals surface area contributed by atoms with Crippen LogP contribution in [-0.2, 0) is 0 Å². The summed E-state index contributed by atoms with van der Waals surface area (Å²) >= 11 is 0. The maximum Gasteiger partial charge on any atom is 0.371 e. The minimum Gasteiger partial charge on any atom is -0.475 e. The molecule has 5 heteroatoms. The van der Waals surface area contributed by atoms with Crippen molar-refractivity contribution in [1.82, 2.24) is 9.97 Å². The smallest absolute Gasteiger partial charge is 0.371 e. The number of H-pyrrole nitrogens is 1. The topological polar surface area (TPSA) is 92.0 Å². The fraction of sp³-hybridized carbons (Fsp3) is 0.429. The van der Waals surface area contributed by atoms with Crippen molar-refractivity contribution in [2.24, 2.45) is 5.73 Å². The number of nitrogens with one attached hydrogen (secondary N) is 1. The molecule has 0 saturated carbocycles. The molecule has 1 atom stereocenters. The molecule has 0 aliphatic heterocycles. The first-order valence-corrected chi connectivity index (χ1v) is 3.57. The second-order valence-corrected chi connectivity index (χ2v) is 2.69. The van der Waals surface area contributed by atoms with Gasteiger partial charge in [-0.15, -0.1) is 0 Å². The Morgan fingerprint density at radius 1 is 1.75 bits per heavy atom. The molecule has 1 rings (SSSR count). The average molecular weight is 169 g/mol. The van der Waals surface area contributed by atoms with Gasteiger partial charge in [0.25, 0.3) is 0 Å². The van der Waals surface area contributed by atoms with Crippen LogP contribution in [-0.4, -0.2) is 21.0 Å². The molecule has 0 aromatic carbocycles. The predicted molar refractivity (Wildman–Crippen MR) is 42.9 cm³/mol. The van der Waals surface area contributed by atoms with E-state index in [9.17, 15) is 4.79 Å². The molecule has 0 spiro atoms. The van der Waals surface area contributed by atoms with Gasteiger partial charge in [0.15, 0.2) is 0 Å². The number of carboxylic acid groups (broad SMARTS) is 1. The van der Waals surface area contributed by atoms with Crippen molar-refractivity contribution in [3.63, 3.8) is 0 Å². The van der Waals surface area contributed by atoms with Crippen molar-refractivity contribution in [2.75, 3.05) is 0 Å². The SMILES string of the molecule is Cc1[nH]c(C(=O)O)nc1C(C)N. The molecule has 1 aromatic heterocycles. The number of aromatic carboxylic acids is 1. The molecule has 0 amide bonds. The molecular formula is C7H11N3O2. The van der Waals surface area contributed by atoms with Gasteiger partial charge in [0.2, 0.25) is 5.82 Å². The van der Waals surface area contributed by atoms with Crippen molar-refractivity contribution < 1.29 is 9.90 Å². The van der Waals surface area contributed by atoms with Crippen molar-refractivity contribution in [2.45, 2.75) is 19.9 Å². The van der Waals surface area contributed by atoms with Gasteiger partial charge in [0.05, 0.1) is 5.69 Å². The number of hydrogen-bond donors (Lipinski definition) is 3. The molecule has 0 saturated heterocycles. The van der Waals surface area contributed by atoms with Gasteiger partial charge in [-0.05, 0) is 13.8 Å². The lowest BCUT2D eigenvalue weighted by atomic mass is 10.2. The average Bonchev–Trinajstić information content (AvgIpc) is 2.30. The summed E-state index contributed by atoms with van der Waals surface area (Å²) in [6, 6.07) is -0.241. The molecule has 66 valence electrons. The van der Waals surface area contributed by atoms with E-state index in [0.717, 1.165) is 0 Å². The highest BCUT2D eigenvalue weighted by Crippen LogP contribution is 2.11. The Bertz CT molecular complexity index is 304. The fourth-order valence-electron chi connectivity index (χ4n) is 1.02. The first-order valence-electron chi connectivity index (χ1n) is 3.57. The summed E-state index contributed by atoms with van der Waals surface area (Å²) < 4.78 is 0. The Labute approximate surface area is 69.6 Å². The lowest BCUT2D eigenvalue weighted by Crippen LogP contribution is -2.07. The Morgan fingerprint density at radius 3 is 2.58 bits per heavy atom. The monoisotopic (exact) mass is 169 g/mol. The zero-order valence-electron chi connectivity index (χ0n) is 6.96. The van der Waals surface area contributed by atoms with Crippen molar-refractivity contribution in [3.05, 3.63) is 17.2 Å². The third-order valence-electron chi connectivity index (χ3n) is 1.56. The Balaban J connectivity index is 3.09. The van der Waals surface area contributed by atoms with Crippen LogP contribution in [0.2, 0.25) is 0 Å². The number of hydrogen-bond acceptors (Lipinski definition) is 3. The van der Waals surface area contributed by atoms with Crippen LogP contribution < -0.4 is 5.73 Å². The fourth-order valence-corrected chi connectivity index (χ4v) is 1.02. The lowest BCUT2D eigenvalue weighted by Gasteiger charge is -1.99. The highest BCUT2D eigenvalue weighted by atomic mass is 16.4. The van der Waals surface area contributed by atoms with Crippen LogP contribution in [0.5, 0.6) is 0 Å². The van der Waals surface area contributed by atoms with Gasteiger partial charge in [-0.25, -0.2) is 9.78 Å². The summed E-state index contributed by atoms with van der Waals surface area (Å²) in [4.78, 5) is 16.9. The number of nitrogens with two attached hydrogens (primary N) is 1. The first kappa shape index (κ1) is 8.73. The van der Waals surface area contributed by atoms with E-state index in [1.165, 1.54) is 0 Å². The second kappa shape index (κ2) is 2.94. The van der Waals surface area contributed by atoms with E-state index in [1.807, 2.05) is 0 Å². The number of aromatic nitrogens is 2. The number of aromatic amines is 1. The Kier molecular flexibility index (Phi) is 2.14. The number of aryl methyl sites for hydroxylation is 1. The molecule has 1 unspecified atom stereocenters. The zero-order chi connectivity index (χ0) is 9.30. The molecule has 0 radical (unpaired) electrons. The second-order valence-electron chi connectivity index (χ2n) is 2.69. The summed E-state index contributed by atoms with van der Waals surface area (Å²) in [6.07, 6.45) is 0. The minimum atomic E-state index is -1.06. The van der Waals surface area contributed by atoms with Crippen LogP contribution in [0, 0.1) is 6.92 Å². The number of carbonyl (C=O) groups is 1. The Morgan fingerprint density at radius 2 is 2.33 bits per heavy atom. The predicted octanol–water partition coefficient (Wildman–Crippen LogP) is 0.436. The van der Waals surface area contributed by atoms with Crippen molar-refractivity contribution in [3.8, 4) is 0 Å². The van der Waals surface area contributed by atoms with Crippen LogP contribution in [0.15, 0.2) is 0 Å². The number of imidazole rings is 1. The van der Waals surface area contributed by atoms with E-state index in [1.54, 1.807) is 13.8 Å². The molecule has 5 nitrogen and oxygen atoms in total. The van der Waals surface area contributed by atoms with Gasteiger partial charge in [0, 0.05) is 11.7 Å². The van der Waals surface area contributed by atoms with Crippen LogP contribution in [0.25, 0.3) is 0 Å². The van der Waals surface area contributed by atoms with Crippen LogP contribution in [0.3, 0.4) is 0 Å². The quantitative estimate of drug-likeness (QED) is 0.598. The molecule has 1 aromatic rings. The van der Waals surface area contributed by atoms with E-state index >= 15 is 0 Å². The van der Waals surface area contributed by atoms with Crippen LogP contribution in [0.1, 0.15) is 35.0 Å². The van der Waals surface area contributed by atoms with Crippen LogP contribution >= 0.6 is 0 Å². The molecule has 4 N–H and O–H groups in total. The standard InChI is InChI=1S/C7H11N3O2/c1-3(8)5-4(2)9-6(10-5)7(11)12/h3H,8H2,1-2H3,(H,9,10)(H,11,12). The minimum absolute atomic E-state index is 0.0557. The highest BCUT2D eigenvalue weighted by Gasteiger charge is 2.13. The molecule has 0 bridgehead atoms. The van der Waals surface area contributed by atoms with Crippen LogP contribution in [0.4, 0.5) is 0 Å². The van der Waals surface area contributed by atoms with E-state index in [2.05, 4.69) is 9.97 Å². The van der Waals surface area contributed by atoms with Gasteiger partial charge in [-0.2, -0.15) is 0 Å². The molecule has 1 heterocycles. The third-order valence-corrected chi connectivity index (χ3v) is 1.56. The number of rotatable bonds is 2. The first-order chi connectivity index (χ1) is 5.52. The molecule has 0 aliphatic carbocycles. The summed E-state index contributed by atoms with van der Waals surface area (Å²) in [5.41, 5.74) is 6.87. The van der Waals surface area contributed by atoms with Gasteiger partial charge >= 0.3 is 5.97 Å². The van der Waals surface area contributed by atoms with E-state index in [4.69, 9.17) is 10.8 Å². The summed E-state index contributed by atoms with van der Waals surface area (Å²) in [5, 5.41) is 8.57. The molecular weight excluding hydrogens is 158 g/mol. The summed E-state index contributed by atoms with van der Waals surface area (Å²) in [5.74, 6) is -1.12. The van der Waals surface area contributed by atoms with E-state index in [0.29, 0.717) is 11.4 Å². The van der Waals surface area contributed by atoms with Gasteiger partial charge in [-0.1, -0.05) is 0 Å². The zero-order valence-corrected chi connectivity index (χ0v) is 6.96. The van der Waals surface area contributed by atoms with Gasteiger partial charge in [0.1, 0.15) is 0 Å². The molecule has 0 fully saturated rings. The van der Waals surface area contributed by atoms with Gasteiger partial charge < -0.3 is 15.8 Å². The number of nitrogens with zero attached hydrogens (tertiary/aromatic N) is 1. The van der Waals surface area contributed by atoms with E-state index in [-0.39, 0.29) is 11.9 Å². The third kappa shape index (κ3) is 1.45. The largest absolute Gasteiger partial charge is 0.475 e.